The summed E-state index contributed by atoms with van der Waals surface area (Å²) in [5.41, 5.74) is 8.60. The van der Waals surface area contributed by atoms with Gasteiger partial charge in [-0.05, 0) is 83.8 Å². The Morgan fingerprint density at radius 3 is 1.91 bits per heavy atom. The summed E-state index contributed by atoms with van der Waals surface area (Å²) in [6.07, 6.45) is 3.94. The molecule has 0 aliphatic carbocycles. The molecule has 0 radical (unpaired) electrons. The predicted molar refractivity (Wildman–Crippen MR) is 213 cm³/mol. The first-order valence-corrected chi connectivity index (χ1v) is 18.5. The molecule has 0 atom stereocenters. The molecule has 0 amide bonds. The highest BCUT2D eigenvalue weighted by Gasteiger charge is 2.17. The summed E-state index contributed by atoms with van der Waals surface area (Å²) in [5.74, 6) is 0.0337. The van der Waals surface area contributed by atoms with E-state index in [0.717, 1.165) is 38.9 Å². The number of hydrogen-bond donors (Lipinski definition) is 3. The van der Waals surface area contributed by atoms with Crippen molar-refractivity contribution in [2.45, 2.75) is 59.5 Å². The minimum Gasteiger partial charge on any atom is -0.496 e. The van der Waals surface area contributed by atoms with Gasteiger partial charge in [-0.15, -0.1) is 0 Å². The maximum absolute atomic E-state index is 11.2. The average molecular weight is 799 g/mol. The van der Waals surface area contributed by atoms with Gasteiger partial charge in [0.1, 0.15) is 48.9 Å². The molecule has 0 aliphatic rings. The molecule has 0 aliphatic heterocycles. The lowest BCUT2D eigenvalue weighted by molar-refractivity contribution is -0.137. The Morgan fingerprint density at radius 2 is 1.34 bits per heavy atom. The van der Waals surface area contributed by atoms with Crippen molar-refractivity contribution >= 4 is 35.1 Å². The number of methoxy groups -OCH3 is 1. The van der Waals surface area contributed by atoms with Gasteiger partial charge in [0.15, 0.2) is 0 Å². The van der Waals surface area contributed by atoms with Crippen molar-refractivity contribution in [3.05, 3.63) is 134 Å². The number of hydrogen-bond acceptors (Lipinski definition) is 9. The molecule has 0 bridgehead atoms. The lowest BCUT2D eigenvalue weighted by atomic mass is 9.92. The number of rotatable bonds is 19. The monoisotopic (exact) mass is 797 g/mol. The van der Waals surface area contributed by atoms with E-state index in [2.05, 4.69) is 28.5 Å². The molecule has 0 spiro atoms. The van der Waals surface area contributed by atoms with Crippen LogP contribution in [0.25, 0.3) is 11.1 Å². The van der Waals surface area contributed by atoms with Gasteiger partial charge < -0.3 is 34.5 Å². The van der Waals surface area contributed by atoms with Gasteiger partial charge in [-0.25, -0.2) is 0 Å². The van der Waals surface area contributed by atoms with E-state index >= 15 is 0 Å². The van der Waals surface area contributed by atoms with Crippen LogP contribution in [0, 0.1) is 25.2 Å². The molecule has 1 aromatic heterocycles. The van der Waals surface area contributed by atoms with Crippen LogP contribution in [0.4, 0.5) is 0 Å². The summed E-state index contributed by atoms with van der Waals surface area (Å²) >= 11 is 13.3. The van der Waals surface area contributed by atoms with Crippen molar-refractivity contribution < 1.29 is 38.7 Å². The number of pyridine rings is 1. The van der Waals surface area contributed by atoms with Gasteiger partial charge in [-0.2, -0.15) is 5.26 Å². The predicted octanol–water partition coefficient (Wildman–Crippen LogP) is 8.87. The van der Waals surface area contributed by atoms with Crippen LogP contribution < -0.4 is 24.3 Å². The summed E-state index contributed by atoms with van der Waals surface area (Å²) in [7, 11) is 1.53. The molecule has 13 heteroatoms. The number of nitrogens with one attached hydrogen (secondary N) is 1. The molecule has 4 aromatic carbocycles. The van der Waals surface area contributed by atoms with E-state index in [-0.39, 0.29) is 39.3 Å². The topological polar surface area (TPSA) is 160 Å². The first-order valence-electron chi connectivity index (χ1n) is 17.7. The number of benzene rings is 4. The van der Waals surface area contributed by atoms with Gasteiger partial charge in [0.25, 0.3) is 0 Å². The van der Waals surface area contributed by atoms with E-state index in [1.807, 2.05) is 38.1 Å². The zero-order valence-electron chi connectivity index (χ0n) is 31.2. The van der Waals surface area contributed by atoms with E-state index in [9.17, 15) is 20.0 Å². The van der Waals surface area contributed by atoms with Crippen molar-refractivity contribution in [1.29, 1.82) is 5.26 Å². The van der Waals surface area contributed by atoms with Crippen molar-refractivity contribution in [2.75, 3.05) is 13.7 Å². The Hall–Kier alpha value is -5.80. The highest BCUT2D eigenvalue weighted by molar-refractivity contribution is 6.32. The van der Waals surface area contributed by atoms with Gasteiger partial charge in [-0.1, -0.05) is 59.6 Å². The number of aliphatic carboxylic acids is 2. The number of nitrogens with zero attached hydrogens (tertiary/aromatic N) is 2. The van der Waals surface area contributed by atoms with Gasteiger partial charge in [0.05, 0.1) is 29.3 Å². The Balaban J connectivity index is 1.32. The molecular weight excluding hydrogens is 757 g/mol. The molecule has 3 N–H and O–H groups in total. The Kier molecular flexibility index (Phi) is 14.5. The summed E-state index contributed by atoms with van der Waals surface area (Å²) in [4.78, 5) is 26.2. The highest BCUT2D eigenvalue weighted by Crippen LogP contribution is 2.37. The fourth-order valence-corrected chi connectivity index (χ4v) is 6.61. The number of carboxylic acids is 2. The fraction of sp³-hybridized carbons (Fsp3) is 0.256. The van der Waals surface area contributed by atoms with Crippen LogP contribution in [0.3, 0.4) is 0 Å². The summed E-state index contributed by atoms with van der Waals surface area (Å²) in [5, 5.41) is 31.0. The second-order valence-electron chi connectivity index (χ2n) is 13.0. The van der Waals surface area contributed by atoms with E-state index < -0.39 is 11.9 Å². The molecule has 290 valence electrons. The van der Waals surface area contributed by atoms with Gasteiger partial charge in [0.2, 0.25) is 0 Å². The maximum atomic E-state index is 11.2. The second-order valence-corrected chi connectivity index (χ2v) is 13.8. The third-order valence-corrected chi connectivity index (χ3v) is 9.74. The van der Waals surface area contributed by atoms with Crippen molar-refractivity contribution in [3.8, 4) is 40.2 Å². The fourth-order valence-electron chi connectivity index (χ4n) is 6.13. The molecule has 5 aromatic rings. The first kappa shape index (κ1) is 41.4. The minimum absolute atomic E-state index is 0.00273. The molecule has 0 saturated carbocycles. The van der Waals surface area contributed by atoms with Crippen LogP contribution in [0.2, 0.25) is 10.0 Å². The van der Waals surface area contributed by atoms with Crippen LogP contribution in [-0.4, -0.2) is 40.8 Å². The molecule has 0 unspecified atom stereocenters. The van der Waals surface area contributed by atoms with Crippen LogP contribution in [0.15, 0.2) is 79.1 Å². The van der Waals surface area contributed by atoms with Crippen LogP contribution in [0.1, 0.15) is 57.3 Å². The third kappa shape index (κ3) is 10.9. The van der Waals surface area contributed by atoms with E-state index in [1.165, 1.54) is 13.3 Å². The number of nitriles is 1. The van der Waals surface area contributed by atoms with Gasteiger partial charge >= 0.3 is 11.9 Å². The normalized spacial score (nSPS) is 10.8. The Morgan fingerprint density at radius 1 is 0.750 bits per heavy atom. The van der Waals surface area contributed by atoms with Crippen LogP contribution in [0.5, 0.6) is 23.0 Å². The molecular formula is C43H41Cl2N3O8. The van der Waals surface area contributed by atoms with Crippen LogP contribution in [-0.2, 0) is 42.4 Å². The smallest absolute Gasteiger partial charge is 0.317 e. The lowest BCUT2D eigenvalue weighted by Gasteiger charge is -2.18. The number of halogens is 2. The Labute approximate surface area is 335 Å². The zero-order valence-corrected chi connectivity index (χ0v) is 32.7. The molecule has 56 heavy (non-hydrogen) atoms. The van der Waals surface area contributed by atoms with E-state index in [1.54, 1.807) is 36.5 Å². The second kappa shape index (κ2) is 19.7. The molecule has 5 rings (SSSR count). The van der Waals surface area contributed by atoms with Crippen molar-refractivity contribution in [1.82, 2.24) is 10.3 Å². The van der Waals surface area contributed by atoms with E-state index in [4.69, 9.17) is 47.3 Å². The average Bonchev–Trinajstić information content (AvgIpc) is 3.17. The summed E-state index contributed by atoms with van der Waals surface area (Å²) in [6.45, 7) is 4.77. The summed E-state index contributed by atoms with van der Waals surface area (Å²) < 4.78 is 24.2. The van der Waals surface area contributed by atoms with E-state index in [0.29, 0.717) is 62.6 Å². The maximum Gasteiger partial charge on any atom is 0.317 e. The number of ether oxygens (including phenoxy) is 4. The standard InChI is InChI=1S/C43H41Cl2N3O8/c1-26-31(24-55-40-16-38(53-3)33(15-37(40)45)21-48-22-43(51)52)8-4-10-34(26)35-11-5-9-32(27(35)2)25-56-41-17-39(30(14-36(41)44)7-6-12-42(49)50)54-23-29-13-28(18-46)19-47-20-29/h4-5,8-11,13-17,19-20,48H,6-7,12,21-25H2,1-3H3,(H,49,50)(H,51,52). The number of aromatic nitrogens is 1. The quantitative estimate of drug-likeness (QED) is 0.0732. The summed E-state index contributed by atoms with van der Waals surface area (Å²) in [6, 6.07) is 22.7. The highest BCUT2D eigenvalue weighted by atomic mass is 35.5. The van der Waals surface area contributed by atoms with Gasteiger partial charge in [-0.3, -0.25) is 14.6 Å². The molecule has 11 nitrogen and oxygen atoms in total. The SMILES string of the molecule is COc1cc(OCc2cccc(-c3cccc(COc4cc(OCc5cncc(C#N)c5)c(CCCC(=O)O)cc4Cl)c3C)c2C)c(Cl)cc1CNCC(=O)O. The van der Waals surface area contributed by atoms with Gasteiger partial charge in [0, 0.05) is 48.6 Å². The number of carboxylic acid groups (broad SMARTS) is 2. The molecule has 0 fully saturated rings. The number of aryl methyl sites for hydroxylation is 1. The molecule has 0 saturated heterocycles. The van der Waals surface area contributed by atoms with Crippen molar-refractivity contribution in [3.63, 3.8) is 0 Å². The zero-order chi connectivity index (χ0) is 40.2. The number of carbonyl (C=O) groups is 2. The van der Waals surface area contributed by atoms with Crippen molar-refractivity contribution in [2.24, 2.45) is 0 Å². The Bertz CT molecular complexity index is 2260. The minimum atomic E-state index is -0.960. The third-order valence-electron chi connectivity index (χ3n) is 9.15. The largest absolute Gasteiger partial charge is 0.496 e. The first-order chi connectivity index (χ1) is 27.0. The lowest BCUT2D eigenvalue weighted by Crippen LogP contribution is -2.22. The van der Waals surface area contributed by atoms with Crippen LogP contribution >= 0.6 is 23.2 Å². The molecule has 1 heterocycles.